The lowest BCUT2D eigenvalue weighted by Gasteiger charge is -2.11. The molecule has 0 aromatic heterocycles. The molecule has 1 aliphatic heterocycles. The third-order valence-corrected chi connectivity index (χ3v) is 3.63. The van der Waals surface area contributed by atoms with Crippen LogP contribution in [0.3, 0.4) is 0 Å². The van der Waals surface area contributed by atoms with Crippen LogP contribution in [0.5, 0.6) is 0 Å². The van der Waals surface area contributed by atoms with Crippen molar-refractivity contribution in [3.8, 4) is 0 Å². The van der Waals surface area contributed by atoms with Gasteiger partial charge < -0.3 is 5.32 Å². The van der Waals surface area contributed by atoms with Crippen molar-refractivity contribution >= 4 is 11.6 Å². The van der Waals surface area contributed by atoms with Gasteiger partial charge in [0.25, 0.3) is 0 Å². The zero-order valence-corrected chi connectivity index (χ0v) is 10.9. The number of rotatable bonds is 2. The Morgan fingerprint density at radius 3 is 2.33 bits per heavy atom. The minimum Gasteiger partial charge on any atom is -0.325 e. The molecule has 1 amide bonds. The highest BCUT2D eigenvalue weighted by molar-refractivity contribution is 6.03. The van der Waals surface area contributed by atoms with Gasteiger partial charge in [-0.15, -0.1) is 0 Å². The smallest absolute Gasteiger partial charge is 0.325 e. The monoisotopic (exact) mass is 291 g/mol. The Hall–Kier alpha value is -2.30. The van der Waals surface area contributed by atoms with Gasteiger partial charge in [0, 0.05) is 5.69 Å². The third-order valence-electron chi connectivity index (χ3n) is 3.63. The number of carbonyl (C=O) groups excluding carboxylic acids is 1. The average molecular weight is 291 g/mol. The molecule has 0 fully saturated rings. The Kier molecular flexibility index (Phi) is 3.20. The number of halogens is 3. The molecule has 5 heteroatoms. The van der Waals surface area contributed by atoms with Crippen molar-refractivity contribution in [3.05, 3.63) is 65.2 Å². The van der Waals surface area contributed by atoms with Crippen LogP contribution >= 0.6 is 0 Å². The SMILES string of the molecule is O=C1Nc2ccccc2[C@@H]1Cc1ccc(C(F)(F)F)cc1. The standard InChI is InChI=1S/C16H12F3NO/c17-16(18,19)11-7-5-10(6-8-11)9-13-12-3-1-2-4-14(12)20-15(13)21/h1-8,13H,9H2,(H,20,21)/t13-/m0/s1. The second kappa shape index (κ2) is 4.91. The maximum absolute atomic E-state index is 12.5. The number of benzene rings is 2. The van der Waals surface area contributed by atoms with Gasteiger partial charge in [-0.05, 0) is 35.7 Å². The van der Waals surface area contributed by atoms with Gasteiger partial charge >= 0.3 is 6.18 Å². The highest BCUT2D eigenvalue weighted by Gasteiger charge is 2.32. The molecule has 0 bridgehead atoms. The molecule has 0 unspecified atom stereocenters. The lowest BCUT2D eigenvalue weighted by atomic mass is 9.93. The lowest BCUT2D eigenvalue weighted by Crippen LogP contribution is -2.14. The fourth-order valence-electron chi connectivity index (χ4n) is 2.54. The molecule has 108 valence electrons. The molecule has 1 heterocycles. The van der Waals surface area contributed by atoms with Gasteiger partial charge in [-0.25, -0.2) is 0 Å². The molecule has 0 radical (unpaired) electrons. The molecule has 3 rings (SSSR count). The normalized spacial score (nSPS) is 17.5. The summed E-state index contributed by atoms with van der Waals surface area (Å²) in [5.41, 5.74) is 1.70. The number of amides is 1. The largest absolute Gasteiger partial charge is 0.416 e. The number of para-hydroxylation sites is 1. The summed E-state index contributed by atoms with van der Waals surface area (Å²) >= 11 is 0. The van der Waals surface area contributed by atoms with E-state index < -0.39 is 11.7 Å². The van der Waals surface area contributed by atoms with Crippen LogP contribution in [0.1, 0.15) is 22.6 Å². The summed E-state index contributed by atoms with van der Waals surface area (Å²) in [7, 11) is 0. The first-order chi connectivity index (χ1) is 9.95. The van der Waals surface area contributed by atoms with Gasteiger partial charge in [0.2, 0.25) is 5.91 Å². The quantitative estimate of drug-likeness (QED) is 0.890. The molecule has 0 saturated carbocycles. The Morgan fingerprint density at radius 1 is 1.00 bits per heavy atom. The maximum atomic E-state index is 12.5. The molecule has 21 heavy (non-hydrogen) atoms. The predicted molar refractivity (Wildman–Crippen MR) is 73.0 cm³/mol. The van der Waals surface area contributed by atoms with E-state index in [-0.39, 0.29) is 11.8 Å². The summed E-state index contributed by atoms with van der Waals surface area (Å²) in [6.07, 6.45) is -3.95. The van der Waals surface area contributed by atoms with E-state index in [0.29, 0.717) is 12.0 Å². The zero-order chi connectivity index (χ0) is 15.0. The molecule has 2 aromatic rings. The average Bonchev–Trinajstić information content (AvgIpc) is 2.75. The minimum atomic E-state index is -4.34. The number of hydrogen-bond acceptors (Lipinski definition) is 1. The van der Waals surface area contributed by atoms with E-state index in [1.165, 1.54) is 12.1 Å². The molecule has 1 atom stereocenters. The molecule has 2 nitrogen and oxygen atoms in total. The van der Waals surface area contributed by atoms with Crippen LogP contribution in [-0.4, -0.2) is 5.91 Å². The zero-order valence-electron chi connectivity index (χ0n) is 10.9. The fourth-order valence-corrected chi connectivity index (χ4v) is 2.54. The van der Waals surface area contributed by atoms with Crippen molar-refractivity contribution in [2.75, 3.05) is 5.32 Å². The van der Waals surface area contributed by atoms with Gasteiger partial charge in [0.15, 0.2) is 0 Å². The molecule has 2 aromatic carbocycles. The minimum absolute atomic E-state index is 0.115. The first-order valence-electron chi connectivity index (χ1n) is 6.51. The Labute approximate surface area is 119 Å². The van der Waals surface area contributed by atoms with Crippen molar-refractivity contribution in [3.63, 3.8) is 0 Å². The van der Waals surface area contributed by atoms with Crippen LogP contribution in [0.4, 0.5) is 18.9 Å². The van der Waals surface area contributed by atoms with Crippen molar-refractivity contribution in [2.45, 2.75) is 18.5 Å². The van der Waals surface area contributed by atoms with Gasteiger partial charge in [-0.2, -0.15) is 13.2 Å². The number of anilines is 1. The van der Waals surface area contributed by atoms with E-state index in [4.69, 9.17) is 0 Å². The van der Waals surface area contributed by atoms with E-state index in [1.807, 2.05) is 24.3 Å². The van der Waals surface area contributed by atoms with Crippen LogP contribution in [0.15, 0.2) is 48.5 Å². The van der Waals surface area contributed by atoms with Crippen LogP contribution in [0, 0.1) is 0 Å². The lowest BCUT2D eigenvalue weighted by molar-refractivity contribution is -0.137. The van der Waals surface area contributed by atoms with Gasteiger partial charge in [0.05, 0.1) is 11.5 Å². The topological polar surface area (TPSA) is 29.1 Å². The van der Waals surface area contributed by atoms with E-state index in [0.717, 1.165) is 23.4 Å². The van der Waals surface area contributed by atoms with Crippen molar-refractivity contribution < 1.29 is 18.0 Å². The maximum Gasteiger partial charge on any atom is 0.416 e. The second-order valence-electron chi connectivity index (χ2n) is 5.03. The van der Waals surface area contributed by atoms with E-state index in [2.05, 4.69) is 5.32 Å². The van der Waals surface area contributed by atoms with Crippen LogP contribution < -0.4 is 5.32 Å². The summed E-state index contributed by atoms with van der Waals surface area (Å²) in [5.74, 6) is -0.464. The highest BCUT2D eigenvalue weighted by atomic mass is 19.4. The van der Waals surface area contributed by atoms with Gasteiger partial charge in [-0.1, -0.05) is 30.3 Å². The number of hydrogen-bond donors (Lipinski definition) is 1. The number of fused-ring (bicyclic) bond motifs is 1. The summed E-state index contributed by atoms with van der Waals surface area (Å²) in [6.45, 7) is 0. The molecule has 0 saturated heterocycles. The summed E-state index contributed by atoms with van der Waals surface area (Å²) in [4.78, 5) is 12.0. The summed E-state index contributed by atoms with van der Waals surface area (Å²) in [6, 6.07) is 12.3. The molecule has 1 N–H and O–H groups in total. The molecule has 1 aliphatic rings. The number of alkyl halides is 3. The number of carbonyl (C=O) groups is 1. The third kappa shape index (κ3) is 2.63. The first kappa shape index (κ1) is 13.7. The van der Waals surface area contributed by atoms with E-state index in [9.17, 15) is 18.0 Å². The van der Waals surface area contributed by atoms with Crippen molar-refractivity contribution in [2.24, 2.45) is 0 Å². The Morgan fingerprint density at radius 2 is 1.67 bits per heavy atom. The summed E-state index contributed by atoms with van der Waals surface area (Å²) < 4.78 is 37.6. The van der Waals surface area contributed by atoms with E-state index in [1.54, 1.807) is 0 Å². The highest BCUT2D eigenvalue weighted by Crippen LogP contribution is 2.35. The van der Waals surface area contributed by atoms with Gasteiger partial charge in [0.1, 0.15) is 0 Å². The van der Waals surface area contributed by atoms with E-state index >= 15 is 0 Å². The summed E-state index contributed by atoms with van der Waals surface area (Å²) in [5, 5.41) is 2.78. The van der Waals surface area contributed by atoms with Crippen molar-refractivity contribution in [1.29, 1.82) is 0 Å². The number of nitrogens with one attached hydrogen (secondary N) is 1. The molecule has 0 aliphatic carbocycles. The van der Waals surface area contributed by atoms with Crippen molar-refractivity contribution in [1.82, 2.24) is 0 Å². The predicted octanol–water partition coefficient (Wildman–Crippen LogP) is 3.98. The molecular formula is C16H12F3NO. The Bertz CT molecular complexity index is 677. The Balaban J connectivity index is 1.83. The van der Waals surface area contributed by atoms with Crippen LogP contribution in [-0.2, 0) is 17.4 Å². The molecule has 0 spiro atoms. The van der Waals surface area contributed by atoms with Crippen LogP contribution in [0.2, 0.25) is 0 Å². The molecular weight excluding hydrogens is 279 g/mol. The first-order valence-corrected chi connectivity index (χ1v) is 6.51. The fraction of sp³-hybridized carbons (Fsp3) is 0.188. The van der Waals surface area contributed by atoms with Gasteiger partial charge in [-0.3, -0.25) is 4.79 Å². The second-order valence-corrected chi connectivity index (χ2v) is 5.03. The van der Waals surface area contributed by atoms with Crippen LogP contribution in [0.25, 0.3) is 0 Å².